The van der Waals surface area contributed by atoms with E-state index in [9.17, 15) is 131 Å². The number of primary amides is 2. The molecule has 1 rings (SSSR count). The molecule has 1 aromatic carbocycles. The fraction of sp³-hybridized carbons (Fsp3) is 0.658. The van der Waals surface area contributed by atoms with Gasteiger partial charge in [0, 0.05) is 49.4 Å². The van der Waals surface area contributed by atoms with Crippen molar-refractivity contribution in [3.8, 4) is 5.75 Å². The Hall–Kier alpha value is -11.2. The van der Waals surface area contributed by atoms with Gasteiger partial charge in [0.1, 0.15) is 102 Å². The SMILES string of the molecule is CC[C@H](C)[C@H](NC(=O)CN)C(=O)N[C@H](C(=O)N[C@@H](CCC(=O)O)C(=O)N[C@@H](CCC(N)=O)C(=O)N[C@@H](CS)C(=O)N[C@@H](CS)C(=O)N[C@H](C(=O)N[C@@H](CO)C(=O)N[C@H](C(=O)N[C@@H](CS)C(=O)N[C@@H](CO)C(=O)N[C@@H](CC(C)C)C(=O)N[C@@H](Cc1ccc(O)cc1)C(=O)N[C@@H](CCC(N)=O)C(=O)N[C@@H](CC(C)C)C(=O)N[C@@H](CCC(=O)O)C(=O)O)[C@@H](C)CC)[C@@H](C)O)C(C)C. The van der Waals surface area contributed by atoms with Crippen LogP contribution in [0.2, 0.25) is 0 Å². The third kappa shape index (κ3) is 42.3. The van der Waals surface area contributed by atoms with Gasteiger partial charge < -0.3 is 138 Å². The zero-order chi connectivity index (χ0) is 98.6. The van der Waals surface area contributed by atoms with E-state index in [0.717, 1.165) is 6.92 Å². The van der Waals surface area contributed by atoms with Gasteiger partial charge in [-0.1, -0.05) is 94.2 Å². The van der Waals surface area contributed by atoms with Gasteiger partial charge in [0.15, 0.2) is 0 Å². The number of rotatable bonds is 62. The summed E-state index contributed by atoms with van der Waals surface area (Å²) >= 11 is 12.5. The Balaban J connectivity index is 3.50. The van der Waals surface area contributed by atoms with Crippen LogP contribution in [-0.2, 0) is 107 Å². The molecule has 0 aliphatic carbocycles. The minimum atomic E-state index is -2.01. The largest absolute Gasteiger partial charge is 0.508 e. The van der Waals surface area contributed by atoms with Crippen LogP contribution >= 0.6 is 37.9 Å². The first-order valence-electron chi connectivity index (χ1n) is 41.7. The summed E-state index contributed by atoms with van der Waals surface area (Å²) in [7, 11) is 0. The molecule has 50 heteroatoms. The summed E-state index contributed by atoms with van der Waals surface area (Å²) in [5, 5.41) is 108. The fourth-order valence-corrected chi connectivity index (χ4v) is 13.0. The molecule has 0 bridgehead atoms. The van der Waals surface area contributed by atoms with Crippen LogP contribution < -0.4 is 102 Å². The molecule has 0 saturated heterocycles. The van der Waals surface area contributed by atoms with Crippen LogP contribution in [0.5, 0.6) is 5.75 Å². The number of carboxylic acid groups (broad SMARTS) is 3. The molecule has 0 aliphatic rings. The van der Waals surface area contributed by atoms with Gasteiger partial charge in [0.25, 0.3) is 0 Å². The number of carbonyl (C=O) groups excluding carboxylic acids is 18. The van der Waals surface area contributed by atoms with Crippen LogP contribution in [0.1, 0.15) is 159 Å². The molecule has 0 unspecified atom stereocenters. The normalized spacial score (nSPS) is 15.6. The van der Waals surface area contributed by atoms with Crippen LogP contribution in [0.25, 0.3) is 0 Å². The molecule has 726 valence electrons. The van der Waals surface area contributed by atoms with Gasteiger partial charge in [-0.2, -0.15) is 37.9 Å². The number of phenols is 1. The molecule has 0 heterocycles. The lowest BCUT2D eigenvalue weighted by Crippen LogP contribution is -2.63. The van der Waals surface area contributed by atoms with Gasteiger partial charge in [-0.15, -0.1) is 0 Å². The molecule has 0 radical (unpaired) electrons. The van der Waals surface area contributed by atoms with Crippen LogP contribution in [0.15, 0.2) is 24.3 Å². The van der Waals surface area contributed by atoms with Gasteiger partial charge in [0.05, 0.1) is 25.9 Å². The number of aliphatic carboxylic acids is 3. The van der Waals surface area contributed by atoms with Crippen LogP contribution in [0, 0.1) is 29.6 Å². The topological polar surface area (TPSA) is 771 Å². The van der Waals surface area contributed by atoms with Crippen molar-refractivity contribution in [1.29, 1.82) is 0 Å². The number of aliphatic hydroxyl groups excluding tert-OH is 3. The van der Waals surface area contributed by atoms with Crippen LogP contribution in [-0.4, -0.2) is 300 Å². The maximum Gasteiger partial charge on any atom is 0.326 e. The average Bonchev–Trinajstić information content (AvgIpc) is 0.851. The van der Waals surface area contributed by atoms with E-state index >= 15 is 0 Å². The maximum atomic E-state index is 14.5. The number of carbonyl (C=O) groups is 21. The highest BCUT2D eigenvalue weighted by Crippen LogP contribution is 2.18. The summed E-state index contributed by atoms with van der Waals surface area (Å²) in [6, 6.07) is -21.6. The first-order chi connectivity index (χ1) is 60.4. The van der Waals surface area contributed by atoms with Crippen LogP contribution in [0.3, 0.4) is 0 Å². The van der Waals surface area contributed by atoms with E-state index < -0.39 is 339 Å². The third-order valence-electron chi connectivity index (χ3n) is 20.0. The number of amides is 18. The standard InChI is InChI=1S/C79H129N19O28S3/c1-12-38(9)61(95-57(105)29-80)77(123)96-60(37(7)8)75(121)85-45(20-24-58(106)107)64(110)83-44(19-23-56(82)104)66(112)92-52(32-127)73(119)93-54(34-129)74(120)98-63(40(11)101)78(124)91-51(31-100)71(117)97-62(39(10)13-2)76(122)94-53(33-128)72(118)90-50(30-99)70(116)88-48(27-36(5)6)68(114)89-49(28-41-14-16-42(102)17-15-41)69(115)84-43(18-22-55(81)103)65(111)87-47(26-35(3)4)67(113)86-46(79(125)126)21-25-59(108)109/h14-17,35-40,43-54,60-63,99-102,127-129H,12-13,18-34,80H2,1-11H3,(H2,81,103)(H2,82,104)(H,83,110)(H,84,115)(H,85,121)(H,86,113)(H,87,111)(H,88,116)(H,89,114)(H,90,118)(H,91,124)(H,92,112)(H,93,119)(H,94,122)(H,95,105)(H,96,123)(H,97,117)(H,98,120)(H,106,107)(H,108,109)(H,125,126)/t38-,39-,40+,43-,44-,45-,46-,47-,48-,49-,50-,51-,52-,53-,54-,60-,61-,62-,63-/m0/s1. The molecule has 29 N–H and O–H groups in total. The number of carboxylic acids is 3. The van der Waals surface area contributed by atoms with Crippen molar-refractivity contribution in [2.75, 3.05) is 37.0 Å². The average molecular weight is 1890 g/mol. The van der Waals surface area contributed by atoms with Crippen molar-refractivity contribution in [3.63, 3.8) is 0 Å². The maximum absolute atomic E-state index is 14.5. The zero-order valence-electron chi connectivity index (χ0n) is 73.7. The summed E-state index contributed by atoms with van der Waals surface area (Å²) < 4.78 is 0. The molecule has 1 aromatic rings. The lowest BCUT2D eigenvalue weighted by atomic mass is 9.96. The second-order valence-electron chi connectivity index (χ2n) is 32.0. The third-order valence-corrected chi connectivity index (χ3v) is 21.1. The highest BCUT2D eigenvalue weighted by atomic mass is 32.1. The molecular formula is C79H129N19O28S3. The van der Waals surface area contributed by atoms with Crippen LogP contribution in [0.4, 0.5) is 0 Å². The predicted molar refractivity (Wildman–Crippen MR) is 470 cm³/mol. The number of thiol groups is 3. The second kappa shape index (κ2) is 59.1. The van der Waals surface area contributed by atoms with E-state index in [1.165, 1.54) is 45.0 Å². The predicted octanol–water partition coefficient (Wildman–Crippen LogP) is -8.01. The Labute approximate surface area is 761 Å². The Morgan fingerprint density at radius 2 is 0.612 bits per heavy atom. The Kier molecular flexibility index (Phi) is 53.0. The molecule has 0 aliphatic heterocycles. The Morgan fingerprint density at radius 1 is 0.341 bits per heavy atom. The second-order valence-corrected chi connectivity index (χ2v) is 33.0. The van der Waals surface area contributed by atoms with Crippen molar-refractivity contribution in [2.24, 2.45) is 46.8 Å². The molecule has 47 nitrogen and oxygen atoms in total. The van der Waals surface area contributed by atoms with E-state index in [2.05, 4.69) is 123 Å². The first kappa shape index (κ1) is 116. The van der Waals surface area contributed by atoms with Crippen molar-refractivity contribution in [1.82, 2.24) is 85.1 Å². The van der Waals surface area contributed by atoms with Crippen molar-refractivity contribution < 1.29 is 136 Å². The summed E-state index contributed by atoms with van der Waals surface area (Å²) in [5.74, 6) is -28.4. The number of benzene rings is 1. The molecular weight excluding hydrogens is 1760 g/mol. The monoisotopic (exact) mass is 1890 g/mol. The van der Waals surface area contributed by atoms with Gasteiger partial charge in [-0.05, 0) is 92.7 Å². The summed E-state index contributed by atoms with van der Waals surface area (Å²) in [4.78, 5) is 282. The van der Waals surface area contributed by atoms with Gasteiger partial charge in [-0.3, -0.25) is 95.9 Å². The Bertz CT molecular complexity index is 4020. The highest BCUT2D eigenvalue weighted by molar-refractivity contribution is 7.80. The van der Waals surface area contributed by atoms with Gasteiger partial charge >= 0.3 is 17.9 Å². The summed E-state index contributed by atoms with van der Waals surface area (Å²) in [6.45, 7) is 14.4. The van der Waals surface area contributed by atoms with Gasteiger partial charge in [-0.25, -0.2) is 4.79 Å². The number of nitrogens with one attached hydrogen (secondary N) is 16. The van der Waals surface area contributed by atoms with E-state index in [1.54, 1.807) is 48.5 Å². The molecule has 0 saturated carbocycles. The molecule has 19 atom stereocenters. The zero-order valence-corrected chi connectivity index (χ0v) is 76.4. The highest BCUT2D eigenvalue weighted by Gasteiger charge is 2.41. The van der Waals surface area contributed by atoms with Crippen molar-refractivity contribution in [3.05, 3.63) is 29.8 Å². The number of hydrogen-bond acceptors (Lipinski definition) is 29. The number of phenolic OH excluding ortho intramolecular Hbond substituents is 1. The fourth-order valence-electron chi connectivity index (χ4n) is 12.2. The summed E-state index contributed by atoms with van der Waals surface area (Å²) in [5.41, 5.74) is 16.6. The Morgan fingerprint density at radius 3 is 0.977 bits per heavy atom. The quantitative estimate of drug-likeness (QED) is 0.0269. The molecule has 18 amide bonds. The first-order valence-corrected chi connectivity index (χ1v) is 43.6. The van der Waals surface area contributed by atoms with Crippen molar-refractivity contribution in [2.45, 2.75) is 262 Å². The molecule has 0 fully saturated rings. The van der Waals surface area contributed by atoms with E-state index in [4.69, 9.17) is 22.3 Å². The lowest BCUT2D eigenvalue weighted by molar-refractivity contribution is -0.144. The number of hydrogen-bond donors (Lipinski definition) is 29. The lowest BCUT2D eigenvalue weighted by Gasteiger charge is -2.30. The van der Waals surface area contributed by atoms with Gasteiger partial charge in [0.2, 0.25) is 106 Å². The molecule has 0 spiro atoms. The molecule has 0 aromatic heterocycles. The number of aromatic hydroxyl groups is 1. The summed E-state index contributed by atoms with van der Waals surface area (Å²) in [6.07, 6.45) is -6.67. The van der Waals surface area contributed by atoms with Crippen molar-refractivity contribution >= 4 is 162 Å². The number of nitrogens with two attached hydrogens (primary N) is 3. The van der Waals surface area contributed by atoms with E-state index in [-0.39, 0.29) is 37.4 Å². The smallest absolute Gasteiger partial charge is 0.326 e. The molecule has 129 heavy (non-hydrogen) atoms. The minimum Gasteiger partial charge on any atom is -0.508 e. The minimum absolute atomic E-state index is 0.121. The van der Waals surface area contributed by atoms with E-state index in [1.807, 2.05) is 0 Å². The van der Waals surface area contributed by atoms with E-state index in [0.29, 0.717) is 12.0 Å². The number of aliphatic hydroxyl groups is 3.